The summed E-state index contributed by atoms with van der Waals surface area (Å²) in [6, 6.07) is 1.91. The van der Waals surface area contributed by atoms with Crippen molar-refractivity contribution in [2.75, 3.05) is 11.5 Å². The predicted octanol–water partition coefficient (Wildman–Crippen LogP) is 3.17. The lowest BCUT2D eigenvalue weighted by atomic mass is 9.86. The summed E-state index contributed by atoms with van der Waals surface area (Å²) in [7, 11) is 0. The molecule has 12 nitrogen and oxygen atoms in total. The first-order chi connectivity index (χ1) is 17.4. The molecule has 2 N–H and O–H groups in total. The average molecular weight is 532 g/mol. The maximum atomic E-state index is 15.3. The number of aliphatic hydroxyl groups is 2. The Labute approximate surface area is 218 Å². The third kappa shape index (κ3) is 5.00. The molecule has 1 aliphatic heterocycles. The van der Waals surface area contributed by atoms with Crippen molar-refractivity contribution in [3.8, 4) is 18.4 Å². The van der Waals surface area contributed by atoms with Crippen LogP contribution in [-0.2, 0) is 14.2 Å². The Kier molecular flexibility index (Phi) is 7.20. The fourth-order valence-electron chi connectivity index (χ4n) is 3.92. The van der Waals surface area contributed by atoms with Gasteiger partial charge < -0.3 is 29.0 Å². The van der Waals surface area contributed by atoms with Gasteiger partial charge in [0.15, 0.2) is 17.6 Å². The van der Waals surface area contributed by atoms with Gasteiger partial charge in [-0.3, -0.25) is 0 Å². The molecular weight excluding hydrogens is 501 g/mol. The van der Waals surface area contributed by atoms with E-state index in [1.54, 1.807) is 41.5 Å². The van der Waals surface area contributed by atoms with Gasteiger partial charge in [0.05, 0.1) is 16.9 Å². The Morgan fingerprint density at radius 3 is 2.24 bits per heavy atom. The van der Waals surface area contributed by atoms with Crippen molar-refractivity contribution in [2.45, 2.75) is 77.4 Å². The molecule has 0 aliphatic carbocycles. The highest BCUT2D eigenvalue weighted by Crippen LogP contribution is 2.50. The normalized spacial score (nSPS) is 25.5. The highest BCUT2D eigenvalue weighted by molar-refractivity contribution is 6.14. The number of carbonyl (C=O) groups is 2. The number of fused-ring (bicyclic) bond motifs is 1. The van der Waals surface area contributed by atoms with Gasteiger partial charge in [-0.1, -0.05) is 12.8 Å². The largest absolute Gasteiger partial charge is 0.443 e. The summed E-state index contributed by atoms with van der Waals surface area (Å²) in [5.41, 5.74) is -4.60. The molecule has 0 spiro atoms. The first kappa shape index (κ1) is 28.8. The molecule has 38 heavy (non-hydrogen) atoms. The minimum absolute atomic E-state index is 0.123. The number of rotatable bonds is 3. The average Bonchev–Trinajstić information content (AvgIpc) is 3.27. The van der Waals surface area contributed by atoms with E-state index in [1.807, 2.05) is 6.07 Å². The second-order valence-corrected chi connectivity index (χ2v) is 10.9. The molecule has 0 bridgehead atoms. The first-order valence-electron chi connectivity index (χ1n) is 11.6. The van der Waals surface area contributed by atoms with Crippen LogP contribution < -0.4 is 4.90 Å². The zero-order valence-corrected chi connectivity index (χ0v) is 22.1. The number of alkyl halides is 1. The maximum absolute atomic E-state index is 15.3. The summed E-state index contributed by atoms with van der Waals surface area (Å²) in [6.07, 6.45) is 3.76. The summed E-state index contributed by atoms with van der Waals surface area (Å²) in [6.45, 7) is 9.71. The summed E-state index contributed by atoms with van der Waals surface area (Å²) in [5.74, 6) is -2.35. The molecule has 3 heterocycles. The predicted molar refractivity (Wildman–Crippen MR) is 131 cm³/mol. The maximum Gasteiger partial charge on any atom is 0.425 e. The molecule has 0 saturated carbocycles. The lowest BCUT2D eigenvalue weighted by Gasteiger charge is -2.28. The topological polar surface area (TPSA) is 160 Å². The minimum Gasteiger partial charge on any atom is -0.443 e. The third-order valence-corrected chi connectivity index (χ3v) is 5.76. The van der Waals surface area contributed by atoms with Gasteiger partial charge in [0.2, 0.25) is 5.85 Å². The molecule has 204 valence electrons. The summed E-state index contributed by atoms with van der Waals surface area (Å²) < 4.78 is 32.6. The zero-order chi connectivity index (χ0) is 28.8. The van der Waals surface area contributed by atoms with Crippen molar-refractivity contribution in [1.82, 2.24) is 14.5 Å². The second-order valence-electron chi connectivity index (χ2n) is 10.9. The number of halogens is 1. The smallest absolute Gasteiger partial charge is 0.425 e. The summed E-state index contributed by atoms with van der Waals surface area (Å²) >= 11 is 0. The molecular formula is C25H30FN5O7. The lowest BCUT2D eigenvalue weighted by Crippen LogP contribution is -2.44. The van der Waals surface area contributed by atoms with Crippen LogP contribution in [0.2, 0.25) is 0 Å². The van der Waals surface area contributed by atoms with Crippen LogP contribution in [0.1, 0.15) is 60.3 Å². The number of nitriles is 1. The van der Waals surface area contributed by atoms with Crippen LogP contribution in [0, 0.1) is 29.6 Å². The lowest BCUT2D eigenvalue weighted by molar-refractivity contribution is -0.192. The standard InChI is InChI=1S/C25H30FN5O7/c1-9-24(35)14(2)25(26,12-32)36-19(24)30-11-15(10-27)16-17(30)28-13-29-18(16)31(20(33)37-22(3,4)5)21(34)38-23(6,7)8/h1,11,13-14,19,32,35H,12H2,2-8H3/t14-,19+,24+,25+/m0/s1. The van der Waals surface area contributed by atoms with Crippen molar-refractivity contribution in [1.29, 1.82) is 5.26 Å². The van der Waals surface area contributed by atoms with Gasteiger partial charge in [-0.05, 0) is 41.5 Å². The van der Waals surface area contributed by atoms with Gasteiger partial charge in [0, 0.05) is 6.20 Å². The fraction of sp³-hybridized carbons (Fsp3) is 0.560. The van der Waals surface area contributed by atoms with Gasteiger partial charge in [0.25, 0.3) is 0 Å². The number of imide groups is 1. The van der Waals surface area contributed by atoms with Crippen molar-refractivity contribution in [3.05, 3.63) is 18.1 Å². The number of hydrogen-bond acceptors (Lipinski definition) is 10. The van der Waals surface area contributed by atoms with E-state index in [2.05, 4.69) is 15.9 Å². The minimum atomic E-state index is -2.72. The van der Waals surface area contributed by atoms with E-state index in [-0.39, 0.29) is 22.4 Å². The molecule has 2 aromatic rings. The van der Waals surface area contributed by atoms with Crippen LogP contribution in [-0.4, -0.2) is 66.2 Å². The zero-order valence-electron chi connectivity index (χ0n) is 22.1. The van der Waals surface area contributed by atoms with Crippen molar-refractivity contribution in [3.63, 3.8) is 0 Å². The first-order valence-corrected chi connectivity index (χ1v) is 11.6. The molecule has 2 amide bonds. The third-order valence-electron chi connectivity index (χ3n) is 5.76. The van der Waals surface area contributed by atoms with Crippen LogP contribution >= 0.6 is 0 Å². The van der Waals surface area contributed by atoms with E-state index in [9.17, 15) is 25.1 Å². The number of amides is 2. The molecule has 0 radical (unpaired) electrons. The Morgan fingerprint density at radius 1 is 1.24 bits per heavy atom. The summed E-state index contributed by atoms with van der Waals surface area (Å²) in [4.78, 5) is 35.1. The van der Waals surface area contributed by atoms with Crippen molar-refractivity contribution in [2.24, 2.45) is 5.92 Å². The number of nitrogens with zero attached hydrogens (tertiary/aromatic N) is 5. The quantitative estimate of drug-likeness (QED) is 0.563. The number of terminal acetylenes is 1. The Hall–Kier alpha value is -3.78. The fourth-order valence-corrected chi connectivity index (χ4v) is 3.92. The van der Waals surface area contributed by atoms with Gasteiger partial charge in [-0.25, -0.2) is 23.9 Å². The van der Waals surface area contributed by atoms with Crippen LogP contribution in [0.15, 0.2) is 12.5 Å². The van der Waals surface area contributed by atoms with E-state index in [4.69, 9.17) is 20.6 Å². The number of hydrogen-bond donors (Lipinski definition) is 2. The number of carbonyl (C=O) groups excluding carboxylic acids is 2. The molecule has 0 unspecified atom stereocenters. The number of aliphatic hydroxyl groups excluding tert-OH is 1. The van der Waals surface area contributed by atoms with Crippen LogP contribution in [0.25, 0.3) is 11.0 Å². The number of ether oxygens (including phenoxy) is 3. The highest BCUT2D eigenvalue weighted by Gasteiger charge is 2.63. The molecule has 1 saturated heterocycles. The van der Waals surface area contributed by atoms with Gasteiger partial charge >= 0.3 is 12.2 Å². The summed E-state index contributed by atoms with van der Waals surface area (Å²) in [5, 5.41) is 30.6. The molecule has 3 rings (SSSR count). The van der Waals surface area contributed by atoms with E-state index < -0.39 is 53.6 Å². The highest BCUT2D eigenvalue weighted by atomic mass is 19.2. The van der Waals surface area contributed by atoms with Gasteiger partial charge in [0.1, 0.15) is 35.9 Å². The molecule has 4 atom stereocenters. The van der Waals surface area contributed by atoms with E-state index in [1.165, 1.54) is 6.92 Å². The number of aromatic nitrogens is 3. The SMILES string of the molecule is C#C[C@]1(O)[C@H](n2cc(C#N)c3c(N(C(=O)OC(C)(C)C)C(=O)OC(C)(C)C)ncnc32)O[C@](F)(CO)[C@H]1C. The van der Waals surface area contributed by atoms with Crippen molar-refractivity contribution >= 4 is 29.0 Å². The Balaban J connectivity index is 2.29. The van der Waals surface area contributed by atoms with Crippen LogP contribution in [0.3, 0.4) is 0 Å². The van der Waals surface area contributed by atoms with Crippen molar-refractivity contribution < 1.29 is 38.4 Å². The molecule has 13 heteroatoms. The Morgan fingerprint density at radius 2 is 1.79 bits per heavy atom. The van der Waals surface area contributed by atoms with Gasteiger partial charge in [-0.15, -0.1) is 6.42 Å². The molecule has 0 aromatic carbocycles. The molecule has 1 fully saturated rings. The van der Waals surface area contributed by atoms with Gasteiger partial charge in [-0.2, -0.15) is 10.2 Å². The van der Waals surface area contributed by atoms with E-state index >= 15 is 4.39 Å². The van der Waals surface area contributed by atoms with E-state index in [0.717, 1.165) is 17.1 Å². The number of anilines is 1. The monoisotopic (exact) mass is 531 g/mol. The second kappa shape index (κ2) is 9.51. The molecule has 2 aromatic heterocycles. The Bertz CT molecular complexity index is 1320. The van der Waals surface area contributed by atoms with E-state index in [0.29, 0.717) is 4.90 Å². The van der Waals surface area contributed by atoms with Crippen LogP contribution in [0.4, 0.5) is 19.8 Å². The van der Waals surface area contributed by atoms with Crippen LogP contribution in [0.5, 0.6) is 0 Å². The molecule has 1 aliphatic rings.